The molecule has 2 aromatic rings. The summed E-state index contributed by atoms with van der Waals surface area (Å²) < 4.78 is 6.67. The molecule has 0 radical (unpaired) electrons. The molecule has 7 nitrogen and oxygen atoms in total. The quantitative estimate of drug-likeness (QED) is 0.902. The number of hydrogen-bond donors (Lipinski definition) is 1. The number of nitrogens with zero attached hydrogens (tertiary/aromatic N) is 4. The fourth-order valence-corrected chi connectivity index (χ4v) is 2.20. The normalized spacial score (nSPS) is 11.2. The van der Waals surface area contributed by atoms with Crippen molar-refractivity contribution in [1.29, 1.82) is 0 Å². The molecule has 0 aliphatic rings. The van der Waals surface area contributed by atoms with Crippen LogP contribution in [0.3, 0.4) is 0 Å². The fraction of sp³-hybridized carbons (Fsp3) is 0.385. The van der Waals surface area contributed by atoms with E-state index >= 15 is 0 Å². The summed E-state index contributed by atoms with van der Waals surface area (Å²) >= 11 is 6.03. The van der Waals surface area contributed by atoms with Crippen molar-refractivity contribution in [2.24, 2.45) is 0 Å². The van der Waals surface area contributed by atoms with Crippen LogP contribution >= 0.6 is 11.6 Å². The number of hydrogen-bond acceptors (Lipinski definition) is 5. The number of halogens is 1. The minimum Gasteiger partial charge on any atom is -0.496 e. The van der Waals surface area contributed by atoms with Gasteiger partial charge in [0.05, 0.1) is 12.6 Å². The van der Waals surface area contributed by atoms with Gasteiger partial charge >= 0.3 is 0 Å². The Morgan fingerprint density at radius 2 is 2.24 bits per heavy atom. The topological polar surface area (TPSA) is 81.9 Å². The van der Waals surface area contributed by atoms with Crippen molar-refractivity contribution in [2.45, 2.75) is 25.9 Å². The number of rotatable bonds is 5. The zero-order valence-electron chi connectivity index (χ0n) is 12.0. The van der Waals surface area contributed by atoms with E-state index in [4.69, 9.17) is 16.3 Å². The molecule has 0 fully saturated rings. The number of tetrazole rings is 1. The van der Waals surface area contributed by atoms with Crippen LogP contribution in [0.2, 0.25) is 5.02 Å². The van der Waals surface area contributed by atoms with E-state index in [0.29, 0.717) is 10.8 Å². The van der Waals surface area contributed by atoms with Gasteiger partial charge in [0.2, 0.25) is 5.91 Å². The molecule has 0 aliphatic heterocycles. The van der Waals surface area contributed by atoms with Gasteiger partial charge in [0.25, 0.3) is 0 Å². The highest BCUT2D eigenvalue weighted by molar-refractivity contribution is 6.30. The molecule has 2 rings (SSSR count). The van der Waals surface area contributed by atoms with Crippen LogP contribution in [-0.2, 0) is 16.9 Å². The van der Waals surface area contributed by atoms with E-state index < -0.39 is 5.54 Å². The Labute approximate surface area is 127 Å². The first-order valence-electron chi connectivity index (χ1n) is 6.28. The van der Waals surface area contributed by atoms with E-state index in [-0.39, 0.29) is 12.5 Å². The first-order chi connectivity index (χ1) is 9.92. The van der Waals surface area contributed by atoms with Crippen LogP contribution in [0.1, 0.15) is 19.4 Å². The summed E-state index contributed by atoms with van der Waals surface area (Å²) in [5.74, 6) is 0.446. The molecule has 1 aromatic carbocycles. The molecule has 0 unspecified atom stereocenters. The van der Waals surface area contributed by atoms with Crippen molar-refractivity contribution in [3.8, 4) is 5.75 Å². The summed E-state index contributed by atoms with van der Waals surface area (Å²) in [6.45, 7) is 3.79. The third-order valence-corrected chi connectivity index (χ3v) is 3.22. The Morgan fingerprint density at radius 1 is 1.48 bits per heavy atom. The second-order valence-electron chi connectivity index (χ2n) is 5.03. The summed E-state index contributed by atoms with van der Waals surface area (Å²) in [7, 11) is 1.58. The van der Waals surface area contributed by atoms with Gasteiger partial charge in [0.1, 0.15) is 18.6 Å². The maximum Gasteiger partial charge on any atom is 0.242 e. The van der Waals surface area contributed by atoms with Crippen LogP contribution in [0.15, 0.2) is 24.5 Å². The van der Waals surface area contributed by atoms with Crippen LogP contribution < -0.4 is 10.1 Å². The predicted molar refractivity (Wildman–Crippen MR) is 77.0 cm³/mol. The lowest BCUT2D eigenvalue weighted by molar-refractivity contribution is -0.123. The van der Waals surface area contributed by atoms with E-state index in [0.717, 1.165) is 5.56 Å². The van der Waals surface area contributed by atoms with Gasteiger partial charge in [0.15, 0.2) is 0 Å². The Kier molecular flexibility index (Phi) is 4.42. The molecule has 0 bridgehead atoms. The average molecular weight is 310 g/mol. The Bertz CT molecular complexity index is 627. The molecule has 1 N–H and O–H groups in total. The van der Waals surface area contributed by atoms with Crippen molar-refractivity contribution in [3.63, 3.8) is 0 Å². The smallest absolute Gasteiger partial charge is 0.242 e. The van der Waals surface area contributed by atoms with E-state index in [2.05, 4.69) is 20.8 Å². The third kappa shape index (κ3) is 3.69. The molecule has 1 heterocycles. The van der Waals surface area contributed by atoms with Crippen LogP contribution in [0, 0.1) is 0 Å². The van der Waals surface area contributed by atoms with Gasteiger partial charge in [-0.1, -0.05) is 11.6 Å². The molecule has 0 spiro atoms. The van der Waals surface area contributed by atoms with Crippen LogP contribution in [0.25, 0.3) is 0 Å². The summed E-state index contributed by atoms with van der Waals surface area (Å²) in [6, 6.07) is 5.29. The molecule has 112 valence electrons. The lowest BCUT2D eigenvalue weighted by Crippen LogP contribution is -2.42. The van der Waals surface area contributed by atoms with Gasteiger partial charge in [-0.2, -0.15) is 0 Å². The van der Waals surface area contributed by atoms with E-state index in [9.17, 15) is 4.79 Å². The second-order valence-corrected chi connectivity index (χ2v) is 5.46. The maximum atomic E-state index is 12.1. The number of amides is 1. The Morgan fingerprint density at radius 3 is 2.86 bits per heavy atom. The number of nitrogens with one attached hydrogen (secondary N) is 1. The molecule has 0 aliphatic carbocycles. The molecule has 1 aromatic heterocycles. The molecule has 0 saturated heterocycles. The van der Waals surface area contributed by atoms with Crippen molar-refractivity contribution in [3.05, 3.63) is 35.1 Å². The second kappa shape index (κ2) is 6.09. The highest BCUT2D eigenvalue weighted by atomic mass is 35.5. The lowest BCUT2D eigenvalue weighted by atomic mass is 9.93. The summed E-state index contributed by atoms with van der Waals surface area (Å²) in [4.78, 5) is 12.1. The average Bonchev–Trinajstić information content (AvgIpc) is 2.90. The van der Waals surface area contributed by atoms with Gasteiger partial charge in [-0.25, -0.2) is 4.68 Å². The van der Waals surface area contributed by atoms with E-state index in [1.54, 1.807) is 25.3 Å². The van der Waals surface area contributed by atoms with Gasteiger partial charge in [-0.15, -0.1) is 5.10 Å². The van der Waals surface area contributed by atoms with Gasteiger partial charge < -0.3 is 10.1 Å². The SMILES string of the molecule is COc1ccc(Cl)cc1C(C)(C)NC(=O)Cn1cnnn1. The standard InChI is InChI=1S/C13H16ClN5O2/c1-13(2,10-6-9(14)4-5-11(10)21-3)16-12(20)7-19-8-15-17-18-19/h4-6,8H,7H2,1-3H3,(H,16,20). The van der Waals surface area contributed by atoms with Crippen molar-refractivity contribution in [2.75, 3.05) is 7.11 Å². The highest BCUT2D eigenvalue weighted by Crippen LogP contribution is 2.32. The number of aromatic nitrogens is 4. The summed E-state index contributed by atoms with van der Waals surface area (Å²) in [6.07, 6.45) is 1.38. The zero-order valence-corrected chi connectivity index (χ0v) is 12.8. The van der Waals surface area contributed by atoms with Crippen LogP contribution in [0.5, 0.6) is 5.75 Å². The third-order valence-electron chi connectivity index (χ3n) is 2.98. The van der Waals surface area contributed by atoms with Crippen molar-refractivity contribution < 1.29 is 9.53 Å². The number of ether oxygens (including phenoxy) is 1. The molecule has 21 heavy (non-hydrogen) atoms. The lowest BCUT2D eigenvalue weighted by Gasteiger charge is -2.28. The molecule has 0 atom stereocenters. The summed E-state index contributed by atoms with van der Waals surface area (Å²) in [5.41, 5.74) is 0.143. The highest BCUT2D eigenvalue weighted by Gasteiger charge is 2.26. The zero-order chi connectivity index (χ0) is 15.5. The van der Waals surface area contributed by atoms with E-state index in [1.807, 2.05) is 13.8 Å². The van der Waals surface area contributed by atoms with Gasteiger partial charge in [0, 0.05) is 10.6 Å². The van der Waals surface area contributed by atoms with Gasteiger partial charge in [-0.3, -0.25) is 4.79 Å². The van der Waals surface area contributed by atoms with Crippen LogP contribution in [-0.4, -0.2) is 33.2 Å². The first kappa shape index (κ1) is 15.2. The fourth-order valence-electron chi connectivity index (χ4n) is 2.02. The molecule has 1 amide bonds. The minimum absolute atomic E-state index is 0.0410. The van der Waals surface area contributed by atoms with Crippen molar-refractivity contribution >= 4 is 17.5 Å². The Balaban J connectivity index is 2.17. The van der Waals surface area contributed by atoms with Crippen molar-refractivity contribution in [1.82, 2.24) is 25.5 Å². The number of benzene rings is 1. The van der Waals surface area contributed by atoms with Crippen LogP contribution in [0.4, 0.5) is 0 Å². The molecule has 0 saturated carbocycles. The first-order valence-corrected chi connectivity index (χ1v) is 6.66. The molecular weight excluding hydrogens is 294 g/mol. The number of carbonyl (C=O) groups is 1. The largest absolute Gasteiger partial charge is 0.496 e. The maximum absolute atomic E-state index is 12.1. The number of methoxy groups -OCH3 is 1. The monoisotopic (exact) mass is 309 g/mol. The summed E-state index contributed by atoms with van der Waals surface area (Å²) in [5, 5.41) is 14.1. The number of carbonyl (C=O) groups excluding carboxylic acids is 1. The van der Waals surface area contributed by atoms with Gasteiger partial charge in [-0.05, 0) is 42.5 Å². The Hall–Kier alpha value is -2.15. The molecular formula is C13H16ClN5O2. The minimum atomic E-state index is -0.651. The predicted octanol–water partition coefficient (Wildman–Crippen LogP) is 1.39. The van der Waals surface area contributed by atoms with E-state index in [1.165, 1.54) is 11.0 Å². The molecule has 8 heteroatoms.